The van der Waals surface area contributed by atoms with Crippen molar-refractivity contribution in [1.29, 1.82) is 0 Å². The molecule has 0 bridgehead atoms. The largest absolute Gasteiger partial charge is 0.512 e. The van der Waals surface area contributed by atoms with Crippen molar-refractivity contribution in [2.75, 3.05) is 0 Å². The number of ketones is 1. The van der Waals surface area contributed by atoms with Crippen LogP contribution in [-0.4, -0.2) is 20.9 Å². The number of carbonyl (C=O) groups is 1. The molecule has 1 N–H and O–H groups in total. The minimum atomic E-state index is -0.125. The normalized spacial score (nSPS) is 11.4. The third kappa shape index (κ3) is 5.62. The molecule has 0 aliphatic rings. The zero-order valence-electron chi connectivity index (χ0n) is 23.2. The first-order valence-electron chi connectivity index (χ1n) is 12.7. The number of carbonyl (C=O) groups excluding carboxylic acids is 1. The summed E-state index contributed by atoms with van der Waals surface area (Å²) in [6, 6.07) is 19.9. The molecule has 40 heavy (non-hydrogen) atoms. The van der Waals surface area contributed by atoms with E-state index in [9.17, 15) is 4.79 Å². The van der Waals surface area contributed by atoms with Crippen molar-refractivity contribution in [3.63, 3.8) is 0 Å². The molecule has 0 fully saturated rings. The van der Waals surface area contributed by atoms with Gasteiger partial charge in [-0.15, -0.1) is 34.9 Å². The SMILES string of the molecule is CC(=O)/C=C(/C)O.Cc1[c-]c(-c2ncnc3cc(-c4c(C)cc5c(oc6ccccc65)c4C)oc23)cc(C)c1.[Ir]. The Morgan fingerprint density at radius 1 is 0.925 bits per heavy atom. The molecule has 6 rings (SSSR count). The molecule has 0 unspecified atom stereocenters. The molecule has 6 aromatic rings. The topological polar surface area (TPSA) is 89.4 Å². The number of hydrogen-bond donors (Lipinski definition) is 1. The summed E-state index contributed by atoms with van der Waals surface area (Å²) in [5, 5.41) is 10.6. The molecular formula is C33H29IrN2O4-. The molecule has 0 aliphatic carbocycles. The number of aryl methyl sites for hydroxylation is 4. The third-order valence-corrected chi connectivity index (χ3v) is 6.48. The first-order valence-corrected chi connectivity index (χ1v) is 12.7. The molecule has 3 aromatic carbocycles. The minimum Gasteiger partial charge on any atom is -0.512 e. The molecule has 0 aliphatic heterocycles. The van der Waals surface area contributed by atoms with Gasteiger partial charge in [-0.1, -0.05) is 32.0 Å². The molecule has 7 heteroatoms. The Hall–Kier alpha value is -4.06. The zero-order valence-corrected chi connectivity index (χ0v) is 25.6. The van der Waals surface area contributed by atoms with Gasteiger partial charge < -0.3 is 13.9 Å². The summed E-state index contributed by atoms with van der Waals surface area (Å²) in [5.41, 5.74) is 10.4. The second-order valence-electron chi connectivity index (χ2n) is 9.87. The van der Waals surface area contributed by atoms with Crippen LogP contribution in [0.5, 0.6) is 0 Å². The van der Waals surface area contributed by atoms with Crippen molar-refractivity contribution < 1.29 is 38.8 Å². The Morgan fingerprint density at radius 2 is 1.68 bits per heavy atom. The summed E-state index contributed by atoms with van der Waals surface area (Å²) in [6.45, 7) is 11.2. The Balaban J connectivity index is 0.000000413. The van der Waals surface area contributed by atoms with Crippen LogP contribution in [0.15, 0.2) is 75.5 Å². The zero-order chi connectivity index (χ0) is 27.8. The number of nitrogens with zero attached hydrogens (tertiary/aromatic N) is 2. The van der Waals surface area contributed by atoms with E-state index in [-0.39, 0.29) is 31.6 Å². The molecule has 6 nitrogen and oxygen atoms in total. The number of aliphatic hydroxyl groups excluding tert-OH is 1. The van der Waals surface area contributed by atoms with E-state index in [0.717, 1.165) is 72.3 Å². The Bertz CT molecular complexity index is 1890. The maximum Gasteiger partial charge on any atom is 0.155 e. The number of allylic oxidation sites excluding steroid dienone is 2. The number of aromatic nitrogens is 2. The summed E-state index contributed by atoms with van der Waals surface area (Å²) < 4.78 is 12.6. The van der Waals surface area contributed by atoms with Crippen molar-refractivity contribution >= 4 is 38.8 Å². The van der Waals surface area contributed by atoms with Crippen molar-refractivity contribution in [2.45, 2.75) is 41.5 Å². The van der Waals surface area contributed by atoms with E-state index < -0.39 is 0 Å². The van der Waals surface area contributed by atoms with Gasteiger partial charge in [0, 0.05) is 59.8 Å². The third-order valence-electron chi connectivity index (χ3n) is 6.48. The van der Waals surface area contributed by atoms with Crippen LogP contribution >= 0.6 is 0 Å². The van der Waals surface area contributed by atoms with E-state index >= 15 is 0 Å². The van der Waals surface area contributed by atoms with Crippen LogP contribution in [0.1, 0.15) is 36.1 Å². The van der Waals surface area contributed by atoms with Crippen LogP contribution in [0.4, 0.5) is 0 Å². The van der Waals surface area contributed by atoms with Gasteiger partial charge in [-0.25, -0.2) is 4.98 Å². The summed E-state index contributed by atoms with van der Waals surface area (Å²) in [4.78, 5) is 19.0. The molecule has 3 heterocycles. The maximum atomic E-state index is 10.0. The first-order chi connectivity index (χ1) is 18.6. The van der Waals surface area contributed by atoms with E-state index in [2.05, 4.69) is 61.1 Å². The van der Waals surface area contributed by atoms with E-state index in [1.54, 1.807) is 6.33 Å². The Morgan fingerprint density at radius 3 is 2.35 bits per heavy atom. The second kappa shape index (κ2) is 11.6. The van der Waals surface area contributed by atoms with E-state index in [0.29, 0.717) is 5.58 Å². The van der Waals surface area contributed by atoms with Crippen LogP contribution in [0.2, 0.25) is 0 Å². The fourth-order valence-electron chi connectivity index (χ4n) is 5.05. The number of hydrogen-bond acceptors (Lipinski definition) is 6. The number of fused-ring (bicyclic) bond motifs is 4. The van der Waals surface area contributed by atoms with Crippen molar-refractivity contribution in [2.24, 2.45) is 0 Å². The molecule has 205 valence electrons. The van der Waals surface area contributed by atoms with Gasteiger partial charge in [0.15, 0.2) is 5.78 Å². The van der Waals surface area contributed by atoms with Gasteiger partial charge in [0.2, 0.25) is 0 Å². The average Bonchev–Trinajstić information content (AvgIpc) is 3.45. The van der Waals surface area contributed by atoms with E-state index in [1.165, 1.54) is 19.9 Å². The molecule has 0 spiro atoms. The van der Waals surface area contributed by atoms with Crippen molar-refractivity contribution in [3.05, 3.63) is 95.0 Å². The summed E-state index contributed by atoms with van der Waals surface area (Å²) in [6.07, 6.45) is 2.75. The van der Waals surface area contributed by atoms with Gasteiger partial charge in [-0.2, -0.15) is 0 Å². The molecule has 0 saturated carbocycles. The molecule has 3 aromatic heterocycles. The average molecular weight is 710 g/mol. The van der Waals surface area contributed by atoms with Gasteiger partial charge in [0.25, 0.3) is 0 Å². The van der Waals surface area contributed by atoms with Crippen LogP contribution in [0, 0.1) is 33.8 Å². The summed E-state index contributed by atoms with van der Waals surface area (Å²) >= 11 is 0. The summed E-state index contributed by atoms with van der Waals surface area (Å²) in [7, 11) is 0. The number of furan rings is 2. The molecule has 1 radical (unpaired) electrons. The number of benzene rings is 3. The van der Waals surface area contributed by atoms with Crippen LogP contribution < -0.4 is 0 Å². The standard InChI is InChI=1S/C28H21N2O2.C5H8O2.Ir/c1-15-9-16(2)11-19(10-15)26-28-22(29-14-30-26)13-24(32-28)25-17(3)12-21-20-7-5-6-8-23(20)31-27(21)18(25)4;1-4(6)3-5(2)7;/h5-10,12-14H,1-4H3;3,6H,1-2H3;/q-1;;/b;4-3-;. The quantitative estimate of drug-likeness (QED) is 0.113. The fraction of sp³-hybridized carbons (Fsp3) is 0.182. The van der Waals surface area contributed by atoms with E-state index in [1.807, 2.05) is 31.2 Å². The Kier molecular flexibility index (Phi) is 8.38. The summed E-state index contributed by atoms with van der Waals surface area (Å²) in [5.74, 6) is 0.705. The van der Waals surface area contributed by atoms with Gasteiger partial charge in [-0.05, 0) is 45.4 Å². The van der Waals surface area contributed by atoms with Crippen LogP contribution in [0.25, 0.3) is 55.6 Å². The molecule has 0 saturated heterocycles. The molecule has 0 atom stereocenters. The fourth-order valence-corrected chi connectivity index (χ4v) is 5.05. The van der Waals surface area contributed by atoms with Gasteiger partial charge in [-0.3, -0.25) is 9.78 Å². The van der Waals surface area contributed by atoms with E-state index in [4.69, 9.17) is 13.9 Å². The number of aliphatic hydroxyl groups is 1. The van der Waals surface area contributed by atoms with Gasteiger partial charge in [0.1, 0.15) is 34.4 Å². The minimum absolute atomic E-state index is 0. The second-order valence-corrected chi connectivity index (χ2v) is 9.87. The number of para-hydroxylation sites is 1. The van der Waals surface area contributed by atoms with Gasteiger partial charge >= 0.3 is 0 Å². The maximum absolute atomic E-state index is 10.0. The molecule has 0 amide bonds. The van der Waals surface area contributed by atoms with Crippen LogP contribution in [0.3, 0.4) is 0 Å². The Labute approximate surface area is 246 Å². The van der Waals surface area contributed by atoms with Gasteiger partial charge in [0.05, 0.1) is 5.76 Å². The monoisotopic (exact) mass is 710 g/mol. The van der Waals surface area contributed by atoms with Crippen LogP contribution in [-0.2, 0) is 24.9 Å². The van der Waals surface area contributed by atoms with Crippen molar-refractivity contribution in [3.8, 4) is 22.6 Å². The number of rotatable bonds is 3. The predicted molar refractivity (Wildman–Crippen MR) is 155 cm³/mol. The van der Waals surface area contributed by atoms with Crippen molar-refractivity contribution in [1.82, 2.24) is 9.97 Å². The molecular weight excluding hydrogens is 681 g/mol. The smallest absolute Gasteiger partial charge is 0.155 e. The first kappa shape index (κ1) is 28.9. The predicted octanol–water partition coefficient (Wildman–Crippen LogP) is 8.52.